The number of benzene rings is 2. The molecular weight excluding hydrogens is 456 g/mol. The molecule has 1 fully saturated rings. The van der Waals surface area contributed by atoms with Crippen LogP contribution in [0.1, 0.15) is 5.56 Å². The predicted molar refractivity (Wildman–Crippen MR) is 120 cm³/mol. The molecule has 0 aliphatic carbocycles. The van der Waals surface area contributed by atoms with E-state index in [9.17, 15) is 18.5 Å². The van der Waals surface area contributed by atoms with E-state index in [4.69, 9.17) is 18.9 Å². The van der Waals surface area contributed by atoms with E-state index in [1.54, 1.807) is 12.1 Å². The van der Waals surface area contributed by atoms with Gasteiger partial charge in [-0.05, 0) is 24.3 Å². The monoisotopic (exact) mass is 480 g/mol. The van der Waals surface area contributed by atoms with E-state index in [1.165, 1.54) is 44.0 Å². The predicted octanol–water partition coefficient (Wildman–Crippen LogP) is 2.09. The quantitative estimate of drug-likeness (QED) is 0.324. The molecular formula is C20H24N4O8S. The molecule has 178 valence electrons. The summed E-state index contributed by atoms with van der Waals surface area (Å²) >= 11 is 0. The Morgan fingerprint density at radius 2 is 1.73 bits per heavy atom. The molecule has 0 atom stereocenters. The molecule has 0 unspecified atom stereocenters. The molecule has 13 heteroatoms. The van der Waals surface area contributed by atoms with Gasteiger partial charge in [-0.2, -0.15) is 9.41 Å². The van der Waals surface area contributed by atoms with E-state index >= 15 is 0 Å². The Kier molecular flexibility index (Phi) is 7.68. The minimum Gasteiger partial charge on any atom is -0.493 e. The zero-order valence-corrected chi connectivity index (χ0v) is 19.1. The molecule has 1 aliphatic rings. The molecule has 1 N–H and O–H groups in total. The second kappa shape index (κ2) is 10.5. The molecule has 1 saturated heterocycles. The van der Waals surface area contributed by atoms with Crippen molar-refractivity contribution in [3.8, 4) is 17.2 Å². The van der Waals surface area contributed by atoms with Crippen molar-refractivity contribution in [2.24, 2.45) is 5.10 Å². The minimum absolute atomic E-state index is 0.0321. The first-order chi connectivity index (χ1) is 15.8. The highest BCUT2D eigenvalue weighted by Gasteiger charge is 2.28. The number of nitro groups is 1. The first kappa shape index (κ1) is 24.2. The number of nitrogens with one attached hydrogen (secondary N) is 1. The lowest BCUT2D eigenvalue weighted by atomic mass is 10.2. The summed E-state index contributed by atoms with van der Waals surface area (Å²) in [5, 5.41) is 15.6. The SMILES string of the molecule is COc1cc(/C=N/Nc2ccc(S(=O)(=O)N3CCOCC3)cc2[N+](=O)[O-])cc(OC)c1OC. The molecule has 2 aromatic carbocycles. The minimum atomic E-state index is -3.88. The number of rotatable bonds is 9. The van der Waals surface area contributed by atoms with E-state index in [0.29, 0.717) is 22.8 Å². The van der Waals surface area contributed by atoms with E-state index in [2.05, 4.69) is 10.5 Å². The summed E-state index contributed by atoms with van der Waals surface area (Å²) in [7, 11) is 0.564. The van der Waals surface area contributed by atoms with Gasteiger partial charge in [0.15, 0.2) is 11.5 Å². The highest BCUT2D eigenvalue weighted by molar-refractivity contribution is 7.89. The Balaban J connectivity index is 1.86. The summed E-state index contributed by atoms with van der Waals surface area (Å²) in [6, 6.07) is 6.92. The molecule has 0 aromatic heterocycles. The zero-order chi connectivity index (χ0) is 24.0. The average Bonchev–Trinajstić information content (AvgIpc) is 2.83. The number of nitrogens with zero attached hydrogens (tertiary/aromatic N) is 3. The van der Waals surface area contributed by atoms with Crippen LogP contribution >= 0.6 is 0 Å². The van der Waals surface area contributed by atoms with Crippen molar-refractivity contribution >= 4 is 27.6 Å². The number of nitro benzene ring substituents is 1. The third-order valence-electron chi connectivity index (χ3n) is 4.86. The van der Waals surface area contributed by atoms with Crippen LogP contribution in [0.25, 0.3) is 0 Å². The van der Waals surface area contributed by atoms with Crippen LogP contribution in [0.15, 0.2) is 40.3 Å². The van der Waals surface area contributed by atoms with Gasteiger partial charge in [0.1, 0.15) is 5.69 Å². The molecule has 1 heterocycles. The van der Waals surface area contributed by atoms with Gasteiger partial charge in [-0.25, -0.2) is 8.42 Å². The summed E-state index contributed by atoms with van der Waals surface area (Å²) < 4.78 is 47.9. The van der Waals surface area contributed by atoms with Crippen molar-refractivity contribution < 1.29 is 32.3 Å². The fraction of sp³-hybridized carbons (Fsp3) is 0.350. The Morgan fingerprint density at radius 1 is 1.09 bits per heavy atom. The van der Waals surface area contributed by atoms with Gasteiger partial charge in [0.05, 0.1) is 50.6 Å². The number of anilines is 1. The highest BCUT2D eigenvalue weighted by Crippen LogP contribution is 2.37. The molecule has 1 aliphatic heterocycles. The largest absolute Gasteiger partial charge is 0.493 e. The molecule has 3 rings (SSSR count). The van der Waals surface area contributed by atoms with Gasteiger partial charge < -0.3 is 18.9 Å². The Morgan fingerprint density at radius 3 is 2.27 bits per heavy atom. The summed E-state index contributed by atoms with van der Waals surface area (Å²) in [5.74, 6) is 1.25. The second-order valence-corrected chi connectivity index (χ2v) is 8.72. The van der Waals surface area contributed by atoms with Crippen molar-refractivity contribution in [2.45, 2.75) is 4.90 Å². The highest BCUT2D eigenvalue weighted by atomic mass is 32.2. The Labute approximate surface area is 190 Å². The molecule has 0 spiro atoms. The van der Waals surface area contributed by atoms with Crippen LogP contribution in [0.5, 0.6) is 17.2 Å². The number of hydrogen-bond donors (Lipinski definition) is 1. The van der Waals surface area contributed by atoms with Gasteiger partial charge in [-0.1, -0.05) is 0 Å². The van der Waals surface area contributed by atoms with Crippen LogP contribution in [-0.2, 0) is 14.8 Å². The van der Waals surface area contributed by atoms with Gasteiger partial charge in [-0.15, -0.1) is 0 Å². The topological polar surface area (TPSA) is 142 Å². The Bertz CT molecular complexity index is 1120. The van der Waals surface area contributed by atoms with E-state index in [1.807, 2.05) is 0 Å². The first-order valence-electron chi connectivity index (χ1n) is 9.77. The van der Waals surface area contributed by atoms with Crippen LogP contribution in [-0.4, -0.2) is 71.5 Å². The van der Waals surface area contributed by atoms with Gasteiger partial charge in [0.2, 0.25) is 15.8 Å². The standard InChI is InChI=1S/C20H24N4O8S/c1-29-18-10-14(11-19(30-2)20(18)31-3)13-21-22-16-5-4-15(12-17(16)24(25)26)33(27,28)23-6-8-32-9-7-23/h4-5,10-13,22H,6-9H2,1-3H3/b21-13+. The van der Waals surface area contributed by atoms with Crippen molar-refractivity contribution in [3.05, 3.63) is 46.0 Å². The van der Waals surface area contributed by atoms with E-state index in [-0.39, 0.29) is 36.9 Å². The van der Waals surface area contributed by atoms with Gasteiger partial charge in [0.25, 0.3) is 5.69 Å². The number of morpholine rings is 1. The van der Waals surface area contributed by atoms with Gasteiger partial charge >= 0.3 is 0 Å². The lowest BCUT2D eigenvalue weighted by Crippen LogP contribution is -2.40. The third-order valence-corrected chi connectivity index (χ3v) is 6.75. The zero-order valence-electron chi connectivity index (χ0n) is 18.3. The van der Waals surface area contributed by atoms with Crippen LogP contribution in [0.3, 0.4) is 0 Å². The van der Waals surface area contributed by atoms with Crippen LogP contribution in [0.2, 0.25) is 0 Å². The normalized spacial score (nSPS) is 14.8. The second-order valence-electron chi connectivity index (χ2n) is 6.78. The number of hydrazone groups is 1. The van der Waals surface area contributed by atoms with Crippen molar-refractivity contribution in [2.75, 3.05) is 53.1 Å². The number of ether oxygens (including phenoxy) is 4. The third kappa shape index (κ3) is 5.32. The summed E-state index contributed by atoms with van der Waals surface area (Å²) in [4.78, 5) is 10.7. The molecule has 12 nitrogen and oxygen atoms in total. The number of sulfonamides is 1. The average molecular weight is 480 g/mol. The lowest BCUT2D eigenvalue weighted by molar-refractivity contribution is -0.384. The summed E-state index contributed by atoms with van der Waals surface area (Å²) in [6.07, 6.45) is 1.41. The maximum absolute atomic E-state index is 12.8. The van der Waals surface area contributed by atoms with Crippen molar-refractivity contribution in [1.29, 1.82) is 0 Å². The molecule has 0 amide bonds. The Hall–Kier alpha value is -3.42. The molecule has 2 aromatic rings. The molecule has 0 bridgehead atoms. The smallest absolute Gasteiger partial charge is 0.295 e. The van der Waals surface area contributed by atoms with Gasteiger partial charge in [0, 0.05) is 24.7 Å². The summed E-state index contributed by atoms with van der Waals surface area (Å²) in [6.45, 7) is 0.928. The maximum atomic E-state index is 12.8. The van der Waals surface area contributed by atoms with Crippen LogP contribution in [0.4, 0.5) is 11.4 Å². The molecule has 0 saturated carbocycles. The summed E-state index contributed by atoms with van der Waals surface area (Å²) in [5.41, 5.74) is 2.77. The lowest BCUT2D eigenvalue weighted by Gasteiger charge is -2.26. The van der Waals surface area contributed by atoms with E-state index in [0.717, 1.165) is 6.07 Å². The first-order valence-corrected chi connectivity index (χ1v) is 11.2. The number of methoxy groups -OCH3 is 3. The molecule has 33 heavy (non-hydrogen) atoms. The fourth-order valence-electron chi connectivity index (χ4n) is 3.21. The molecule has 0 radical (unpaired) electrons. The van der Waals surface area contributed by atoms with Gasteiger partial charge in [-0.3, -0.25) is 15.5 Å². The number of hydrogen-bond acceptors (Lipinski definition) is 10. The van der Waals surface area contributed by atoms with Crippen molar-refractivity contribution in [1.82, 2.24) is 4.31 Å². The van der Waals surface area contributed by atoms with E-state index < -0.39 is 20.6 Å². The van der Waals surface area contributed by atoms with Crippen LogP contribution < -0.4 is 19.6 Å². The van der Waals surface area contributed by atoms with Crippen LogP contribution in [0, 0.1) is 10.1 Å². The maximum Gasteiger partial charge on any atom is 0.295 e. The van der Waals surface area contributed by atoms with Crippen molar-refractivity contribution in [3.63, 3.8) is 0 Å². The fourth-order valence-corrected chi connectivity index (χ4v) is 4.63.